The van der Waals surface area contributed by atoms with Gasteiger partial charge in [-0.25, -0.2) is 4.98 Å². The van der Waals surface area contributed by atoms with Crippen LogP contribution in [-0.2, 0) is 4.74 Å². The SMILES string of the molecule is CCCNc1nc(N2CCCC(COC)C2)c(Cl)cc1Cl. The first kappa shape index (κ1) is 16.7. The van der Waals surface area contributed by atoms with Gasteiger partial charge in [0.2, 0.25) is 0 Å². The van der Waals surface area contributed by atoms with Crippen LogP contribution in [0.25, 0.3) is 0 Å². The van der Waals surface area contributed by atoms with Crippen molar-refractivity contribution in [2.45, 2.75) is 26.2 Å². The van der Waals surface area contributed by atoms with Crippen molar-refractivity contribution in [3.63, 3.8) is 0 Å². The van der Waals surface area contributed by atoms with Crippen LogP contribution in [0.3, 0.4) is 0 Å². The van der Waals surface area contributed by atoms with Crippen LogP contribution in [0.5, 0.6) is 0 Å². The summed E-state index contributed by atoms with van der Waals surface area (Å²) < 4.78 is 5.28. The summed E-state index contributed by atoms with van der Waals surface area (Å²) in [6, 6.07) is 1.78. The van der Waals surface area contributed by atoms with E-state index in [1.165, 1.54) is 6.42 Å². The van der Waals surface area contributed by atoms with Crippen molar-refractivity contribution >= 4 is 34.8 Å². The predicted octanol–water partition coefficient (Wildman–Crippen LogP) is 4.07. The summed E-state index contributed by atoms with van der Waals surface area (Å²) in [5.74, 6) is 2.07. The lowest BCUT2D eigenvalue weighted by atomic mass is 9.99. The number of hydrogen-bond acceptors (Lipinski definition) is 4. The molecule has 0 amide bonds. The average Bonchev–Trinajstić information content (AvgIpc) is 2.47. The fraction of sp³-hybridized carbons (Fsp3) is 0.667. The van der Waals surface area contributed by atoms with Gasteiger partial charge in [0.25, 0.3) is 0 Å². The molecule has 4 nitrogen and oxygen atoms in total. The number of ether oxygens (including phenoxy) is 1. The minimum absolute atomic E-state index is 0.532. The number of nitrogens with one attached hydrogen (secondary N) is 1. The fourth-order valence-electron chi connectivity index (χ4n) is 2.68. The molecule has 2 heterocycles. The Labute approximate surface area is 136 Å². The summed E-state index contributed by atoms with van der Waals surface area (Å²) in [6.07, 6.45) is 3.35. The van der Waals surface area contributed by atoms with E-state index >= 15 is 0 Å². The van der Waals surface area contributed by atoms with Crippen LogP contribution in [-0.4, -0.2) is 38.3 Å². The zero-order chi connectivity index (χ0) is 15.2. The second kappa shape index (κ2) is 8.06. The van der Waals surface area contributed by atoms with Crippen molar-refractivity contribution in [2.24, 2.45) is 5.92 Å². The molecule has 0 radical (unpaired) electrons. The molecule has 1 aliphatic rings. The van der Waals surface area contributed by atoms with Gasteiger partial charge in [0.15, 0.2) is 0 Å². The number of aromatic nitrogens is 1. The van der Waals surface area contributed by atoms with E-state index in [4.69, 9.17) is 27.9 Å². The van der Waals surface area contributed by atoms with Gasteiger partial charge in [-0.15, -0.1) is 0 Å². The minimum atomic E-state index is 0.532. The number of hydrogen-bond donors (Lipinski definition) is 1. The molecule has 6 heteroatoms. The number of piperidine rings is 1. The van der Waals surface area contributed by atoms with Crippen LogP contribution in [0.4, 0.5) is 11.6 Å². The molecule has 0 spiro atoms. The zero-order valence-electron chi connectivity index (χ0n) is 12.7. The Morgan fingerprint density at radius 3 is 2.95 bits per heavy atom. The maximum Gasteiger partial charge on any atom is 0.149 e. The Hall–Kier alpha value is -0.710. The molecule has 1 unspecified atom stereocenters. The highest BCUT2D eigenvalue weighted by molar-refractivity contribution is 6.37. The molecule has 1 aromatic heterocycles. The molecule has 21 heavy (non-hydrogen) atoms. The normalized spacial score (nSPS) is 18.9. The molecule has 1 atom stereocenters. The molecular formula is C15H23Cl2N3O. The molecule has 0 aliphatic carbocycles. The predicted molar refractivity (Wildman–Crippen MR) is 89.9 cm³/mol. The van der Waals surface area contributed by atoms with E-state index in [2.05, 4.69) is 22.1 Å². The van der Waals surface area contributed by atoms with Crippen LogP contribution >= 0.6 is 23.2 Å². The molecule has 0 bridgehead atoms. The monoisotopic (exact) mass is 331 g/mol. The highest BCUT2D eigenvalue weighted by Gasteiger charge is 2.23. The van der Waals surface area contributed by atoms with Crippen molar-refractivity contribution in [2.75, 3.05) is 43.6 Å². The standard InChI is InChI=1S/C15H23Cl2N3O/c1-3-6-18-14-12(16)8-13(17)15(19-14)20-7-4-5-11(9-20)10-21-2/h8,11H,3-7,9-10H2,1-2H3,(H,18,19). The third-order valence-corrected chi connectivity index (χ3v) is 4.24. The Balaban J connectivity index is 2.17. The van der Waals surface area contributed by atoms with Crippen molar-refractivity contribution in [1.82, 2.24) is 4.98 Å². The summed E-state index contributed by atoms with van der Waals surface area (Å²) in [6.45, 7) is 5.64. The van der Waals surface area contributed by atoms with Gasteiger partial charge in [0.05, 0.1) is 16.7 Å². The highest BCUT2D eigenvalue weighted by Crippen LogP contribution is 2.33. The Bertz CT molecular complexity index is 468. The number of nitrogens with zero attached hydrogens (tertiary/aromatic N) is 2. The topological polar surface area (TPSA) is 37.4 Å². The second-order valence-electron chi connectivity index (χ2n) is 5.46. The van der Waals surface area contributed by atoms with Gasteiger partial charge >= 0.3 is 0 Å². The molecule has 1 aliphatic heterocycles. The first-order chi connectivity index (χ1) is 10.2. The number of pyridine rings is 1. The van der Waals surface area contributed by atoms with Gasteiger partial charge in [-0.3, -0.25) is 0 Å². The third kappa shape index (κ3) is 4.38. The van der Waals surface area contributed by atoms with Gasteiger partial charge < -0.3 is 15.0 Å². The lowest BCUT2D eigenvalue weighted by Crippen LogP contribution is -2.37. The largest absolute Gasteiger partial charge is 0.384 e. The molecule has 1 N–H and O–H groups in total. The highest BCUT2D eigenvalue weighted by atomic mass is 35.5. The molecule has 1 saturated heterocycles. The van der Waals surface area contributed by atoms with Gasteiger partial charge in [0, 0.05) is 26.7 Å². The van der Waals surface area contributed by atoms with E-state index < -0.39 is 0 Å². The number of anilines is 2. The van der Waals surface area contributed by atoms with Gasteiger partial charge in [0.1, 0.15) is 11.6 Å². The first-order valence-corrected chi connectivity index (χ1v) is 8.25. The smallest absolute Gasteiger partial charge is 0.149 e. The quantitative estimate of drug-likeness (QED) is 0.852. The number of methoxy groups -OCH3 is 1. The minimum Gasteiger partial charge on any atom is -0.384 e. The van der Waals surface area contributed by atoms with E-state index in [1.54, 1.807) is 13.2 Å². The summed E-state index contributed by atoms with van der Waals surface area (Å²) in [5, 5.41) is 4.44. The Morgan fingerprint density at radius 2 is 2.24 bits per heavy atom. The lowest BCUT2D eigenvalue weighted by Gasteiger charge is -2.34. The van der Waals surface area contributed by atoms with E-state index in [1.807, 2.05) is 0 Å². The summed E-state index contributed by atoms with van der Waals surface area (Å²) in [5.41, 5.74) is 0. The van der Waals surface area contributed by atoms with Crippen molar-refractivity contribution < 1.29 is 4.74 Å². The molecule has 1 fully saturated rings. The van der Waals surface area contributed by atoms with Crippen molar-refractivity contribution in [3.8, 4) is 0 Å². The van der Waals surface area contributed by atoms with Crippen molar-refractivity contribution in [3.05, 3.63) is 16.1 Å². The second-order valence-corrected chi connectivity index (χ2v) is 6.28. The third-order valence-electron chi connectivity index (χ3n) is 3.67. The first-order valence-electron chi connectivity index (χ1n) is 7.49. The van der Waals surface area contributed by atoms with E-state index in [-0.39, 0.29) is 0 Å². The zero-order valence-corrected chi connectivity index (χ0v) is 14.2. The Kier molecular flexibility index (Phi) is 6.40. The maximum atomic E-state index is 6.35. The van der Waals surface area contributed by atoms with Gasteiger partial charge in [-0.2, -0.15) is 0 Å². The van der Waals surface area contributed by atoms with Crippen LogP contribution in [0.2, 0.25) is 10.0 Å². The molecule has 0 aromatic carbocycles. The molecule has 118 valence electrons. The molecular weight excluding hydrogens is 309 g/mol. The number of rotatable bonds is 6. The van der Waals surface area contributed by atoms with Gasteiger partial charge in [-0.05, 0) is 31.2 Å². The average molecular weight is 332 g/mol. The molecule has 0 saturated carbocycles. The molecule has 1 aromatic rings. The van der Waals surface area contributed by atoms with E-state index in [0.29, 0.717) is 21.8 Å². The maximum absolute atomic E-state index is 6.35. The van der Waals surface area contributed by atoms with Crippen LogP contribution < -0.4 is 10.2 Å². The summed E-state index contributed by atoms with van der Waals surface area (Å²) in [7, 11) is 1.75. The van der Waals surface area contributed by atoms with Crippen molar-refractivity contribution in [1.29, 1.82) is 0 Å². The summed E-state index contributed by atoms with van der Waals surface area (Å²) >= 11 is 12.6. The number of halogens is 2. The van der Waals surface area contributed by atoms with E-state index in [9.17, 15) is 0 Å². The van der Waals surface area contributed by atoms with E-state index in [0.717, 1.165) is 44.9 Å². The van der Waals surface area contributed by atoms with Gasteiger partial charge in [-0.1, -0.05) is 30.1 Å². The van der Waals surface area contributed by atoms with Crippen LogP contribution in [0.15, 0.2) is 6.07 Å². The fourth-order valence-corrected chi connectivity index (χ4v) is 3.22. The van der Waals surface area contributed by atoms with Crippen LogP contribution in [0, 0.1) is 5.92 Å². The van der Waals surface area contributed by atoms with Crippen LogP contribution in [0.1, 0.15) is 26.2 Å². The molecule has 2 rings (SSSR count). The Morgan fingerprint density at radius 1 is 1.43 bits per heavy atom. The summed E-state index contributed by atoms with van der Waals surface area (Å²) in [4.78, 5) is 6.88. The lowest BCUT2D eigenvalue weighted by molar-refractivity contribution is 0.143.